The topological polar surface area (TPSA) is 51.0 Å². The molecule has 0 radical (unpaired) electrons. The fraction of sp³-hybridized carbons (Fsp3) is 0.800. The van der Waals surface area contributed by atoms with E-state index in [9.17, 15) is 4.79 Å². The summed E-state index contributed by atoms with van der Waals surface area (Å²) in [5.41, 5.74) is 0.654. The van der Waals surface area contributed by atoms with Crippen molar-refractivity contribution in [2.24, 2.45) is 17.9 Å². The van der Waals surface area contributed by atoms with E-state index in [1.807, 2.05) is 11.6 Å². The van der Waals surface area contributed by atoms with Crippen LogP contribution in [0.15, 0.2) is 11.5 Å². The number of likely N-dealkylation sites (tertiary alicyclic amines) is 1. The van der Waals surface area contributed by atoms with E-state index < -0.39 is 0 Å². The maximum absolute atomic E-state index is 12.6. The van der Waals surface area contributed by atoms with Gasteiger partial charge < -0.3 is 9.47 Å². The van der Waals surface area contributed by atoms with E-state index in [1.54, 1.807) is 6.33 Å². The number of nitrogens with zero attached hydrogens (tertiary/aromatic N) is 4. The molecule has 6 heteroatoms. The molecule has 1 aliphatic carbocycles. The Labute approximate surface area is 130 Å². The molecule has 116 valence electrons. The molecule has 1 saturated carbocycles. The molecule has 0 spiro atoms. The minimum absolute atomic E-state index is 0.245. The first-order valence-electron chi connectivity index (χ1n) is 7.54. The van der Waals surface area contributed by atoms with E-state index in [4.69, 9.17) is 0 Å². The number of amides is 1. The molecule has 2 aliphatic rings. The van der Waals surface area contributed by atoms with Gasteiger partial charge in [0.1, 0.15) is 6.33 Å². The van der Waals surface area contributed by atoms with Crippen LogP contribution in [0.4, 0.5) is 0 Å². The van der Waals surface area contributed by atoms with Crippen LogP contribution in [0.3, 0.4) is 0 Å². The van der Waals surface area contributed by atoms with Crippen molar-refractivity contribution in [3.63, 3.8) is 0 Å². The Bertz CT molecular complexity index is 556. The van der Waals surface area contributed by atoms with Gasteiger partial charge in [-0.2, -0.15) is 0 Å². The van der Waals surface area contributed by atoms with Crippen LogP contribution in [0.2, 0.25) is 0 Å². The van der Waals surface area contributed by atoms with Gasteiger partial charge in [-0.3, -0.25) is 4.79 Å². The van der Waals surface area contributed by atoms with E-state index in [2.05, 4.69) is 35.9 Å². The number of fused-ring (bicyclic) bond motifs is 2. The normalized spacial score (nSPS) is 30.7. The molecule has 2 bridgehead atoms. The number of aryl methyl sites for hydroxylation is 1. The lowest BCUT2D eigenvalue weighted by Gasteiger charge is -2.39. The van der Waals surface area contributed by atoms with E-state index in [1.165, 1.54) is 18.2 Å². The molecular formula is C15H24N4OS. The highest BCUT2D eigenvalue weighted by Crippen LogP contribution is 2.52. The van der Waals surface area contributed by atoms with Crippen molar-refractivity contribution >= 4 is 17.7 Å². The van der Waals surface area contributed by atoms with Crippen molar-refractivity contribution in [1.29, 1.82) is 0 Å². The Morgan fingerprint density at radius 1 is 1.43 bits per heavy atom. The summed E-state index contributed by atoms with van der Waals surface area (Å²) in [6, 6.07) is 0.423. The third kappa shape index (κ3) is 2.96. The summed E-state index contributed by atoms with van der Waals surface area (Å²) in [4.78, 5) is 14.7. The molecule has 0 unspecified atom stereocenters. The van der Waals surface area contributed by atoms with Crippen LogP contribution < -0.4 is 0 Å². The smallest absolute Gasteiger partial charge is 0.233 e. The van der Waals surface area contributed by atoms with Gasteiger partial charge in [0.15, 0.2) is 5.16 Å². The van der Waals surface area contributed by atoms with Crippen molar-refractivity contribution in [3.05, 3.63) is 6.33 Å². The summed E-state index contributed by atoms with van der Waals surface area (Å²) in [7, 11) is 1.90. The summed E-state index contributed by atoms with van der Waals surface area (Å²) < 4.78 is 1.85. The van der Waals surface area contributed by atoms with Crippen molar-refractivity contribution in [2.45, 2.75) is 51.2 Å². The third-order valence-electron chi connectivity index (χ3n) is 4.73. The van der Waals surface area contributed by atoms with Gasteiger partial charge in [-0.05, 0) is 30.1 Å². The Hall–Kier alpha value is -1.04. The van der Waals surface area contributed by atoms with Crippen LogP contribution in [0.5, 0.6) is 0 Å². The second kappa shape index (κ2) is 5.00. The molecule has 2 heterocycles. The van der Waals surface area contributed by atoms with Crippen LogP contribution >= 0.6 is 11.8 Å². The van der Waals surface area contributed by atoms with E-state index in [-0.39, 0.29) is 5.91 Å². The minimum atomic E-state index is 0.245. The molecule has 3 rings (SSSR count). The van der Waals surface area contributed by atoms with E-state index >= 15 is 0 Å². The maximum atomic E-state index is 12.6. The zero-order valence-corrected chi connectivity index (χ0v) is 14.1. The van der Waals surface area contributed by atoms with Crippen molar-refractivity contribution in [1.82, 2.24) is 19.7 Å². The number of thioether (sulfide) groups is 1. The number of rotatable bonds is 3. The highest BCUT2D eigenvalue weighted by atomic mass is 32.2. The lowest BCUT2D eigenvalue weighted by molar-refractivity contribution is -0.129. The van der Waals surface area contributed by atoms with Gasteiger partial charge in [-0.25, -0.2) is 0 Å². The van der Waals surface area contributed by atoms with Crippen LogP contribution in [0.1, 0.15) is 40.0 Å². The molecule has 1 aliphatic heterocycles. The number of hydrogen-bond acceptors (Lipinski definition) is 4. The molecule has 2 fully saturated rings. The first-order valence-corrected chi connectivity index (χ1v) is 8.53. The summed E-state index contributed by atoms with van der Waals surface area (Å²) in [6.45, 7) is 7.92. The predicted molar refractivity (Wildman–Crippen MR) is 83.0 cm³/mol. The van der Waals surface area contributed by atoms with Crippen molar-refractivity contribution in [3.8, 4) is 0 Å². The first kappa shape index (κ1) is 14.9. The van der Waals surface area contributed by atoms with Crippen molar-refractivity contribution in [2.75, 3.05) is 12.3 Å². The lowest BCUT2D eigenvalue weighted by atomic mass is 9.65. The molecular weight excluding hydrogens is 284 g/mol. The van der Waals surface area contributed by atoms with Gasteiger partial charge in [-0.1, -0.05) is 32.5 Å². The van der Waals surface area contributed by atoms with Gasteiger partial charge in [0, 0.05) is 19.6 Å². The Morgan fingerprint density at radius 3 is 2.86 bits per heavy atom. The van der Waals surface area contributed by atoms with Gasteiger partial charge >= 0.3 is 0 Å². The lowest BCUT2D eigenvalue weighted by Crippen LogP contribution is -2.38. The maximum Gasteiger partial charge on any atom is 0.233 e. The monoisotopic (exact) mass is 308 g/mol. The quantitative estimate of drug-likeness (QED) is 0.804. The summed E-state index contributed by atoms with van der Waals surface area (Å²) in [6.07, 6.45) is 5.18. The molecule has 0 N–H and O–H groups in total. The van der Waals surface area contributed by atoms with Crippen LogP contribution in [-0.4, -0.2) is 43.9 Å². The van der Waals surface area contributed by atoms with Crippen LogP contribution in [0, 0.1) is 10.8 Å². The fourth-order valence-corrected chi connectivity index (χ4v) is 5.14. The molecule has 1 aromatic rings. The SMILES string of the molecule is Cn1cnnc1SCC(=O)N1C[C@]2(C)C[C@H]1CC(C)(C)C2. The van der Waals surface area contributed by atoms with E-state index in [0.29, 0.717) is 22.6 Å². The minimum Gasteiger partial charge on any atom is -0.338 e. The first-order chi connectivity index (χ1) is 9.78. The highest BCUT2D eigenvalue weighted by Gasteiger charge is 2.50. The fourth-order valence-electron chi connectivity index (χ4n) is 4.36. The highest BCUT2D eigenvalue weighted by molar-refractivity contribution is 7.99. The third-order valence-corrected chi connectivity index (χ3v) is 5.75. The Balaban J connectivity index is 1.65. The van der Waals surface area contributed by atoms with Gasteiger partial charge in [0.25, 0.3) is 0 Å². The number of carbonyl (C=O) groups excluding carboxylic acids is 1. The number of carbonyl (C=O) groups is 1. The summed E-state index contributed by atoms with van der Waals surface area (Å²) >= 11 is 1.48. The van der Waals surface area contributed by atoms with Gasteiger partial charge in [0.2, 0.25) is 5.91 Å². The molecule has 0 aromatic carbocycles. The van der Waals surface area contributed by atoms with Crippen LogP contribution in [0.25, 0.3) is 0 Å². The largest absolute Gasteiger partial charge is 0.338 e. The molecule has 2 atom stereocenters. The van der Waals surface area contributed by atoms with Crippen molar-refractivity contribution < 1.29 is 4.79 Å². The predicted octanol–water partition coefficient (Wildman–Crippen LogP) is 2.33. The van der Waals surface area contributed by atoms with E-state index in [0.717, 1.165) is 24.5 Å². The van der Waals surface area contributed by atoms with Gasteiger partial charge in [0.05, 0.1) is 5.75 Å². The summed E-state index contributed by atoms with van der Waals surface area (Å²) in [5.74, 6) is 0.703. The molecule has 5 nitrogen and oxygen atoms in total. The molecule has 1 amide bonds. The second-order valence-electron chi connectivity index (χ2n) is 7.75. The average molecular weight is 308 g/mol. The zero-order chi connectivity index (χ0) is 15.3. The summed E-state index contributed by atoms with van der Waals surface area (Å²) in [5, 5.41) is 8.67. The molecule has 1 saturated heterocycles. The average Bonchev–Trinajstić information content (AvgIpc) is 2.86. The van der Waals surface area contributed by atoms with Crippen LogP contribution in [-0.2, 0) is 11.8 Å². The zero-order valence-electron chi connectivity index (χ0n) is 13.3. The standard InChI is InChI=1S/C15H24N4OS/c1-14(2)5-11-6-15(3,8-14)9-19(11)12(20)7-21-13-17-16-10-18(13)4/h10-11H,5-9H2,1-4H3/t11-,15-/m1/s1. The molecule has 1 aromatic heterocycles. The Kier molecular flexibility index (Phi) is 3.55. The molecule has 21 heavy (non-hydrogen) atoms. The van der Waals surface area contributed by atoms with Gasteiger partial charge in [-0.15, -0.1) is 10.2 Å². The second-order valence-corrected chi connectivity index (χ2v) is 8.69. The number of aromatic nitrogens is 3. The Morgan fingerprint density at radius 2 is 2.19 bits per heavy atom. The number of hydrogen-bond donors (Lipinski definition) is 0.